The summed E-state index contributed by atoms with van der Waals surface area (Å²) in [7, 11) is 0. The van der Waals surface area contributed by atoms with Crippen LogP contribution in [0.3, 0.4) is 0 Å². The maximum absolute atomic E-state index is 12.4. The molecule has 0 heterocycles. The van der Waals surface area contributed by atoms with Crippen LogP contribution in [0.15, 0.2) is 78.9 Å². The molecule has 0 bridgehead atoms. The highest BCUT2D eigenvalue weighted by atomic mass is 35.5. The van der Waals surface area contributed by atoms with Crippen molar-refractivity contribution in [3.8, 4) is 0 Å². The highest BCUT2D eigenvalue weighted by Gasteiger charge is 2.60. The summed E-state index contributed by atoms with van der Waals surface area (Å²) in [5.74, 6) is -0.0476. The molecule has 3 nitrogen and oxygen atoms in total. The number of rotatable bonds is 8. The van der Waals surface area contributed by atoms with Gasteiger partial charge >= 0.3 is 0 Å². The Morgan fingerprint density at radius 1 is 0.867 bits per heavy atom. The molecule has 5 heteroatoms. The average molecular weight is 439 g/mol. The van der Waals surface area contributed by atoms with Crippen molar-refractivity contribution >= 4 is 29.1 Å². The van der Waals surface area contributed by atoms with E-state index in [0.717, 1.165) is 41.7 Å². The van der Waals surface area contributed by atoms with Crippen LogP contribution < -0.4 is 5.73 Å². The van der Waals surface area contributed by atoms with Gasteiger partial charge in [-0.25, -0.2) is 0 Å². The van der Waals surface area contributed by atoms with Crippen molar-refractivity contribution in [2.24, 2.45) is 11.7 Å². The van der Waals surface area contributed by atoms with E-state index in [2.05, 4.69) is 4.90 Å². The Hall–Kier alpha value is -2.33. The number of halogens is 2. The summed E-state index contributed by atoms with van der Waals surface area (Å²) < 4.78 is 0. The molecular formula is C25H24Cl2N2O. The normalized spacial score (nSPS) is 20.3. The molecule has 154 valence electrons. The number of primary amides is 1. The molecule has 1 aliphatic carbocycles. The largest absolute Gasteiger partial charge is 0.369 e. The molecule has 0 aromatic heterocycles. The summed E-state index contributed by atoms with van der Waals surface area (Å²) >= 11 is 12.1. The first-order valence-electron chi connectivity index (χ1n) is 10.0. The van der Waals surface area contributed by atoms with Crippen molar-refractivity contribution in [1.82, 2.24) is 4.90 Å². The molecule has 3 aromatic rings. The van der Waals surface area contributed by atoms with Crippen LogP contribution in [0.1, 0.15) is 23.1 Å². The van der Waals surface area contributed by atoms with E-state index < -0.39 is 5.41 Å². The van der Waals surface area contributed by atoms with Gasteiger partial charge < -0.3 is 5.73 Å². The van der Waals surface area contributed by atoms with Gasteiger partial charge in [0, 0.05) is 29.7 Å². The van der Waals surface area contributed by atoms with Gasteiger partial charge in [-0.2, -0.15) is 0 Å². The predicted molar refractivity (Wildman–Crippen MR) is 122 cm³/mol. The average Bonchev–Trinajstić information content (AvgIpc) is 3.47. The molecule has 0 radical (unpaired) electrons. The summed E-state index contributed by atoms with van der Waals surface area (Å²) in [6, 6.07) is 25.7. The van der Waals surface area contributed by atoms with Gasteiger partial charge in [0.25, 0.3) is 0 Å². The van der Waals surface area contributed by atoms with Crippen molar-refractivity contribution in [2.45, 2.75) is 24.9 Å². The number of hydrogen-bond acceptors (Lipinski definition) is 2. The van der Waals surface area contributed by atoms with Gasteiger partial charge in [-0.3, -0.25) is 9.69 Å². The molecule has 0 aliphatic heterocycles. The number of hydrogen-bond donors (Lipinski definition) is 1. The molecule has 4 rings (SSSR count). The summed E-state index contributed by atoms with van der Waals surface area (Å²) in [6.07, 6.45) is 0.782. The van der Waals surface area contributed by atoms with Crippen molar-refractivity contribution in [3.63, 3.8) is 0 Å². The van der Waals surface area contributed by atoms with Crippen LogP contribution in [-0.2, 0) is 23.3 Å². The molecule has 2 N–H and O–H groups in total. The van der Waals surface area contributed by atoms with E-state index in [0.29, 0.717) is 0 Å². The molecule has 1 aliphatic rings. The van der Waals surface area contributed by atoms with Gasteiger partial charge in [-0.15, -0.1) is 0 Å². The van der Waals surface area contributed by atoms with Crippen molar-refractivity contribution in [1.29, 1.82) is 0 Å². The fraction of sp³-hybridized carbons (Fsp3) is 0.240. The Morgan fingerprint density at radius 3 is 1.83 bits per heavy atom. The molecule has 2 atom stereocenters. The first-order valence-corrected chi connectivity index (χ1v) is 10.8. The smallest absolute Gasteiger partial charge is 0.228 e. The van der Waals surface area contributed by atoms with Gasteiger partial charge in [0.05, 0.1) is 5.41 Å². The lowest BCUT2D eigenvalue weighted by Gasteiger charge is -2.24. The quantitative estimate of drug-likeness (QED) is 0.508. The fourth-order valence-corrected chi connectivity index (χ4v) is 4.53. The number of nitrogens with zero attached hydrogens (tertiary/aromatic N) is 1. The minimum Gasteiger partial charge on any atom is -0.369 e. The second kappa shape index (κ2) is 8.81. The van der Waals surface area contributed by atoms with Crippen LogP contribution in [-0.4, -0.2) is 17.4 Å². The Labute approximate surface area is 187 Å². The van der Waals surface area contributed by atoms with Crippen LogP contribution in [0.5, 0.6) is 0 Å². The predicted octanol–water partition coefficient (Wildman–Crippen LogP) is 5.44. The summed E-state index contributed by atoms with van der Waals surface area (Å²) in [5, 5.41) is 1.45. The monoisotopic (exact) mass is 438 g/mol. The lowest BCUT2D eigenvalue weighted by molar-refractivity contribution is -0.120. The van der Waals surface area contributed by atoms with Gasteiger partial charge in [0.1, 0.15) is 0 Å². The van der Waals surface area contributed by atoms with Crippen LogP contribution in [0, 0.1) is 5.92 Å². The lowest BCUT2D eigenvalue weighted by Crippen LogP contribution is -2.34. The van der Waals surface area contributed by atoms with Crippen molar-refractivity contribution in [2.75, 3.05) is 6.54 Å². The van der Waals surface area contributed by atoms with Gasteiger partial charge in [0.2, 0.25) is 5.91 Å². The Kier molecular flexibility index (Phi) is 6.14. The SMILES string of the molecule is NC(=O)[C@]1(c2ccccc2)C[C@H]1CN(Cc1ccc(Cl)cc1)Cc1ccc(Cl)cc1. The van der Waals surface area contributed by atoms with E-state index in [9.17, 15) is 4.79 Å². The zero-order valence-electron chi connectivity index (χ0n) is 16.6. The molecule has 1 saturated carbocycles. The Morgan fingerprint density at radius 2 is 1.37 bits per heavy atom. The van der Waals surface area contributed by atoms with Crippen molar-refractivity contribution < 1.29 is 4.79 Å². The van der Waals surface area contributed by atoms with E-state index >= 15 is 0 Å². The first-order chi connectivity index (χ1) is 14.5. The number of carbonyl (C=O) groups excluding carboxylic acids is 1. The number of benzene rings is 3. The summed E-state index contributed by atoms with van der Waals surface area (Å²) in [5.41, 5.74) is 8.69. The zero-order chi connectivity index (χ0) is 21.1. The van der Waals surface area contributed by atoms with E-state index in [1.165, 1.54) is 11.1 Å². The Bertz CT molecular complexity index is 958. The third kappa shape index (κ3) is 4.54. The molecule has 1 fully saturated rings. The summed E-state index contributed by atoms with van der Waals surface area (Å²) in [4.78, 5) is 14.8. The van der Waals surface area contributed by atoms with Gasteiger partial charge in [0.15, 0.2) is 0 Å². The van der Waals surface area contributed by atoms with E-state index in [-0.39, 0.29) is 11.8 Å². The first kappa shape index (κ1) is 20.9. The second-order valence-electron chi connectivity index (χ2n) is 8.03. The standard InChI is InChI=1S/C25H24Cl2N2O/c26-22-10-6-18(7-11-22)15-29(16-19-8-12-23(27)13-9-19)17-21-14-25(21,24(28)30)20-4-2-1-3-5-20/h1-13,21H,14-17H2,(H2,28,30)/t21-,25-/m0/s1. The second-order valence-corrected chi connectivity index (χ2v) is 8.90. The highest BCUT2D eigenvalue weighted by Crippen LogP contribution is 2.54. The molecular weight excluding hydrogens is 415 g/mol. The number of carbonyl (C=O) groups is 1. The highest BCUT2D eigenvalue weighted by molar-refractivity contribution is 6.30. The molecule has 3 aromatic carbocycles. The topological polar surface area (TPSA) is 46.3 Å². The molecule has 0 unspecified atom stereocenters. The van der Waals surface area contributed by atoms with E-state index in [1.807, 2.05) is 78.9 Å². The van der Waals surface area contributed by atoms with Crippen LogP contribution >= 0.6 is 23.2 Å². The minimum absolute atomic E-state index is 0.192. The van der Waals surface area contributed by atoms with Crippen LogP contribution in [0.2, 0.25) is 10.0 Å². The lowest BCUT2D eigenvalue weighted by atomic mass is 9.92. The number of nitrogens with two attached hydrogens (primary N) is 1. The molecule has 1 amide bonds. The van der Waals surface area contributed by atoms with Gasteiger partial charge in [-0.05, 0) is 53.3 Å². The fourth-order valence-electron chi connectivity index (χ4n) is 4.28. The van der Waals surface area contributed by atoms with E-state index in [4.69, 9.17) is 28.9 Å². The third-order valence-electron chi connectivity index (χ3n) is 5.95. The van der Waals surface area contributed by atoms with Gasteiger partial charge in [-0.1, -0.05) is 77.8 Å². The van der Waals surface area contributed by atoms with Crippen LogP contribution in [0.4, 0.5) is 0 Å². The molecule has 30 heavy (non-hydrogen) atoms. The van der Waals surface area contributed by atoms with Crippen LogP contribution in [0.25, 0.3) is 0 Å². The molecule has 0 saturated heterocycles. The maximum Gasteiger partial charge on any atom is 0.228 e. The van der Waals surface area contributed by atoms with E-state index in [1.54, 1.807) is 0 Å². The Balaban J connectivity index is 1.55. The maximum atomic E-state index is 12.4. The third-order valence-corrected chi connectivity index (χ3v) is 6.46. The summed E-state index contributed by atoms with van der Waals surface area (Å²) in [6.45, 7) is 2.31. The van der Waals surface area contributed by atoms with Crippen molar-refractivity contribution in [3.05, 3.63) is 106 Å². The number of amides is 1. The zero-order valence-corrected chi connectivity index (χ0v) is 18.1. The molecule has 0 spiro atoms. The minimum atomic E-state index is -0.570.